The van der Waals surface area contributed by atoms with Crippen LogP contribution >= 0.6 is 0 Å². The molecule has 0 spiro atoms. The van der Waals surface area contributed by atoms with Crippen LogP contribution < -0.4 is 5.32 Å². The second kappa shape index (κ2) is 5.10. The van der Waals surface area contributed by atoms with Gasteiger partial charge in [0.25, 0.3) is 5.91 Å². The highest BCUT2D eigenvalue weighted by Crippen LogP contribution is 2.40. The fourth-order valence-electron chi connectivity index (χ4n) is 2.46. The van der Waals surface area contributed by atoms with E-state index in [-0.39, 0.29) is 22.3 Å². The zero-order chi connectivity index (χ0) is 16.0. The van der Waals surface area contributed by atoms with Gasteiger partial charge in [-0.25, -0.2) is 8.42 Å². The number of aliphatic hydroxyl groups is 1. The van der Waals surface area contributed by atoms with Gasteiger partial charge in [0.15, 0.2) is 9.84 Å². The van der Waals surface area contributed by atoms with Crippen LogP contribution in [-0.2, 0) is 9.84 Å². The molecule has 6 heteroatoms. The SMILES string of the molecule is Cc1ccc(S(C)(=O)=O)cc1C(=O)NC1CC(O)C1(C)C. The van der Waals surface area contributed by atoms with E-state index in [9.17, 15) is 18.3 Å². The van der Waals surface area contributed by atoms with Crippen molar-refractivity contribution in [3.63, 3.8) is 0 Å². The second-order valence-electron chi connectivity index (χ2n) is 6.35. The summed E-state index contributed by atoms with van der Waals surface area (Å²) < 4.78 is 23.2. The molecule has 1 aliphatic rings. The zero-order valence-electron chi connectivity index (χ0n) is 12.7. The number of aliphatic hydroxyl groups excluding tert-OH is 1. The van der Waals surface area contributed by atoms with Crippen molar-refractivity contribution < 1.29 is 18.3 Å². The maximum absolute atomic E-state index is 12.4. The maximum atomic E-state index is 12.4. The third kappa shape index (κ3) is 2.96. The van der Waals surface area contributed by atoms with Crippen LogP contribution in [0.4, 0.5) is 0 Å². The molecular formula is C15H21NO4S. The fourth-order valence-corrected chi connectivity index (χ4v) is 3.11. The van der Waals surface area contributed by atoms with E-state index in [4.69, 9.17) is 0 Å². The van der Waals surface area contributed by atoms with Gasteiger partial charge in [-0.15, -0.1) is 0 Å². The van der Waals surface area contributed by atoms with Crippen molar-refractivity contribution in [3.8, 4) is 0 Å². The normalized spacial score (nSPS) is 24.2. The van der Waals surface area contributed by atoms with Crippen LogP contribution in [0.15, 0.2) is 23.1 Å². The Morgan fingerprint density at radius 3 is 2.48 bits per heavy atom. The molecule has 0 heterocycles. The molecule has 116 valence electrons. The topological polar surface area (TPSA) is 83.5 Å². The van der Waals surface area contributed by atoms with E-state index in [1.54, 1.807) is 13.0 Å². The van der Waals surface area contributed by atoms with Crippen molar-refractivity contribution in [1.29, 1.82) is 0 Å². The highest BCUT2D eigenvalue weighted by atomic mass is 32.2. The lowest BCUT2D eigenvalue weighted by Crippen LogP contribution is -2.61. The Kier molecular flexibility index (Phi) is 3.88. The van der Waals surface area contributed by atoms with Crippen molar-refractivity contribution in [2.45, 2.75) is 44.2 Å². The molecule has 2 atom stereocenters. The molecule has 1 amide bonds. The molecule has 2 unspecified atom stereocenters. The first-order valence-corrected chi connectivity index (χ1v) is 8.72. The summed E-state index contributed by atoms with van der Waals surface area (Å²) in [5.41, 5.74) is 0.713. The van der Waals surface area contributed by atoms with Gasteiger partial charge in [0.05, 0.1) is 11.0 Å². The molecule has 1 aromatic rings. The molecule has 0 radical (unpaired) electrons. The molecule has 1 fully saturated rings. The van der Waals surface area contributed by atoms with E-state index >= 15 is 0 Å². The molecule has 2 rings (SSSR count). The summed E-state index contributed by atoms with van der Waals surface area (Å²) in [5, 5.41) is 12.6. The monoisotopic (exact) mass is 311 g/mol. The first-order valence-electron chi connectivity index (χ1n) is 6.83. The van der Waals surface area contributed by atoms with Crippen molar-refractivity contribution in [1.82, 2.24) is 5.32 Å². The number of amides is 1. The zero-order valence-corrected chi connectivity index (χ0v) is 13.5. The van der Waals surface area contributed by atoms with Gasteiger partial charge in [-0.05, 0) is 31.0 Å². The van der Waals surface area contributed by atoms with Crippen molar-refractivity contribution in [3.05, 3.63) is 29.3 Å². The predicted molar refractivity (Wildman–Crippen MR) is 79.9 cm³/mol. The number of benzene rings is 1. The first kappa shape index (κ1) is 16.0. The number of rotatable bonds is 3. The van der Waals surface area contributed by atoms with Crippen LogP contribution in [0.3, 0.4) is 0 Å². The number of carbonyl (C=O) groups excluding carboxylic acids is 1. The summed E-state index contributed by atoms with van der Waals surface area (Å²) in [6.07, 6.45) is 1.21. The second-order valence-corrected chi connectivity index (χ2v) is 8.36. The van der Waals surface area contributed by atoms with Gasteiger partial charge in [0.1, 0.15) is 0 Å². The Morgan fingerprint density at radius 2 is 2.00 bits per heavy atom. The van der Waals surface area contributed by atoms with Crippen LogP contribution in [0.25, 0.3) is 0 Å². The van der Waals surface area contributed by atoms with E-state index in [1.165, 1.54) is 12.1 Å². The van der Waals surface area contributed by atoms with Crippen LogP contribution in [0.5, 0.6) is 0 Å². The average Bonchev–Trinajstić information content (AvgIpc) is 2.37. The minimum atomic E-state index is -3.35. The third-order valence-corrected chi connectivity index (χ3v) is 5.51. The molecular weight excluding hydrogens is 290 g/mol. The summed E-state index contributed by atoms with van der Waals surface area (Å²) in [5.74, 6) is -0.303. The van der Waals surface area contributed by atoms with E-state index in [1.807, 2.05) is 13.8 Å². The summed E-state index contributed by atoms with van der Waals surface area (Å²) >= 11 is 0. The molecule has 0 saturated heterocycles. The van der Waals surface area contributed by atoms with Gasteiger partial charge < -0.3 is 10.4 Å². The Bertz CT molecular complexity index is 679. The number of hydrogen-bond donors (Lipinski definition) is 2. The molecule has 2 N–H and O–H groups in total. The van der Waals surface area contributed by atoms with Gasteiger partial charge >= 0.3 is 0 Å². The van der Waals surface area contributed by atoms with Gasteiger partial charge in [-0.1, -0.05) is 19.9 Å². The highest BCUT2D eigenvalue weighted by Gasteiger charge is 2.48. The standard InChI is InChI=1S/C15H21NO4S/c1-9-5-6-10(21(4,19)20)7-11(9)14(18)16-12-8-13(17)15(12,2)3/h5-7,12-13,17H,8H2,1-4H3,(H,16,18). The van der Waals surface area contributed by atoms with E-state index in [0.717, 1.165) is 11.8 Å². The number of aryl methyl sites for hydroxylation is 1. The number of hydrogen-bond acceptors (Lipinski definition) is 4. The lowest BCUT2D eigenvalue weighted by molar-refractivity contribution is -0.0689. The summed E-state index contributed by atoms with van der Waals surface area (Å²) in [4.78, 5) is 12.5. The first-order chi connectivity index (χ1) is 9.53. The predicted octanol–water partition coefficient (Wildman–Crippen LogP) is 1.29. The van der Waals surface area contributed by atoms with Gasteiger partial charge in [-0.3, -0.25) is 4.79 Å². The maximum Gasteiger partial charge on any atom is 0.251 e. The van der Waals surface area contributed by atoms with Gasteiger partial charge in [-0.2, -0.15) is 0 Å². The molecule has 0 aliphatic heterocycles. The summed E-state index contributed by atoms with van der Waals surface area (Å²) in [7, 11) is -3.35. The average molecular weight is 311 g/mol. The van der Waals surface area contributed by atoms with E-state index in [0.29, 0.717) is 12.0 Å². The van der Waals surface area contributed by atoms with E-state index in [2.05, 4.69) is 5.32 Å². The van der Waals surface area contributed by atoms with Crippen molar-refractivity contribution >= 4 is 15.7 Å². The summed E-state index contributed by atoms with van der Waals surface area (Å²) in [6.45, 7) is 5.56. The molecule has 1 saturated carbocycles. The molecule has 0 aromatic heterocycles. The van der Waals surface area contributed by atoms with E-state index < -0.39 is 15.9 Å². The Labute approximate surface area is 125 Å². The Balaban J connectivity index is 2.24. The Morgan fingerprint density at radius 1 is 1.38 bits per heavy atom. The van der Waals surface area contributed by atoms with Crippen molar-refractivity contribution in [2.75, 3.05) is 6.26 Å². The quantitative estimate of drug-likeness (QED) is 0.881. The molecule has 1 aliphatic carbocycles. The van der Waals surface area contributed by atoms with Gasteiger partial charge in [0, 0.05) is 23.3 Å². The highest BCUT2D eigenvalue weighted by molar-refractivity contribution is 7.90. The largest absolute Gasteiger partial charge is 0.392 e. The molecule has 1 aromatic carbocycles. The molecule has 0 bridgehead atoms. The molecule has 21 heavy (non-hydrogen) atoms. The fraction of sp³-hybridized carbons (Fsp3) is 0.533. The minimum Gasteiger partial charge on any atom is -0.392 e. The number of carbonyl (C=O) groups is 1. The summed E-state index contributed by atoms with van der Waals surface area (Å²) in [6, 6.07) is 4.42. The number of nitrogens with one attached hydrogen (secondary N) is 1. The smallest absolute Gasteiger partial charge is 0.251 e. The number of sulfone groups is 1. The Hall–Kier alpha value is -1.40. The van der Waals surface area contributed by atoms with Crippen LogP contribution in [0.1, 0.15) is 36.2 Å². The minimum absolute atomic E-state index is 0.110. The van der Waals surface area contributed by atoms with Crippen LogP contribution in [0, 0.1) is 12.3 Å². The van der Waals surface area contributed by atoms with Crippen LogP contribution in [0.2, 0.25) is 0 Å². The van der Waals surface area contributed by atoms with Gasteiger partial charge in [0.2, 0.25) is 0 Å². The van der Waals surface area contributed by atoms with Crippen molar-refractivity contribution in [2.24, 2.45) is 5.41 Å². The lowest BCUT2D eigenvalue weighted by Gasteiger charge is -2.49. The third-order valence-electron chi connectivity index (χ3n) is 4.40. The van der Waals surface area contributed by atoms with Crippen LogP contribution in [-0.4, -0.2) is 37.8 Å². The molecule has 5 nitrogen and oxygen atoms in total. The lowest BCUT2D eigenvalue weighted by atomic mass is 9.64.